The zero-order chi connectivity index (χ0) is 13.2. The molecule has 0 bridgehead atoms. The summed E-state index contributed by atoms with van der Waals surface area (Å²) < 4.78 is 5.14. The van der Waals surface area contributed by atoms with Crippen molar-refractivity contribution in [2.45, 2.75) is 6.54 Å². The summed E-state index contributed by atoms with van der Waals surface area (Å²) in [4.78, 5) is 15.2. The molecule has 0 atom stereocenters. The van der Waals surface area contributed by atoms with Crippen LogP contribution in [0.2, 0.25) is 0 Å². The summed E-state index contributed by atoms with van der Waals surface area (Å²) in [5.74, 6) is 0.268. The third-order valence-corrected chi connectivity index (χ3v) is 2.99. The SMILES string of the molecule is NCc1occc1C(=O)Nc1ccc2[nH]ccc2c1. The number of H-pyrrole nitrogens is 1. The number of benzene rings is 1. The quantitative estimate of drug-likeness (QED) is 0.672. The molecule has 96 valence electrons. The third-order valence-electron chi connectivity index (χ3n) is 2.99. The molecule has 1 amide bonds. The Hall–Kier alpha value is -2.53. The molecule has 2 aromatic heterocycles. The van der Waals surface area contributed by atoms with Gasteiger partial charge >= 0.3 is 0 Å². The van der Waals surface area contributed by atoms with Crippen LogP contribution in [0.5, 0.6) is 0 Å². The number of aromatic nitrogens is 1. The third kappa shape index (κ3) is 2.11. The summed E-state index contributed by atoms with van der Waals surface area (Å²) in [6.45, 7) is 0.201. The summed E-state index contributed by atoms with van der Waals surface area (Å²) in [7, 11) is 0. The average Bonchev–Trinajstić information content (AvgIpc) is 3.06. The first-order chi connectivity index (χ1) is 9.28. The fourth-order valence-corrected chi connectivity index (χ4v) is 2.03. The summed E-state index contributed by atoms with van der Waals surface area (Å²) in [5.41, 5.74) is 7.75. The Morgan fingerprint density at radius 2 is 2.21 bits per heavy atom. The second-order valence-corrected chi connectivity index (χ2v) is 4.20. The minimum Gasteiger partial charge on any atom is -0.467 e. The summed E-state index contributed by atoms with van der Waals surface area (Å²) in [6.07, 6.45) is 3.32. The number of amides is 1. The zero-order valence-corrected chi connectivity index (χ0v) is 10.1. The van der Waals surface area contributed by atoms with Crippen molar-refractivity contribution >= 4 is 22.5 Å². The van der Waals surface area contributed by atoms with Gasteiger partial charge < -0.3 is 20.5 Å². The van der Waals surface area contributed by atoms with Gasteiger partial charge in [0.15, 0.2) is 0 Å². The van der Waals surface area contributed by atoms with Crippen molar-refractivity contribution in [3.8, 4) is 0 Å². The van der Waals surface area contributed by atoms with Crippen molar-refractivity contribution in [3.05, 3.63) is 54.1 Å². The van der Waals surface area contributed by atoms with Crippen LogP contribution in [0.1, 0.15) is 16.1 Å². The first kappa shape index (κ1) is 11.6. The van der Waals surface area contributed by atoms with Crippen molar-refractivity contribution in [2.24, 2.45) is 5.73 Å². The highest BCUT2D eigenvalue weighted by molar-refractivity contribution is 6.05. The molecule has 1 aromatic carbocycles. The monoisotopic (exact) mass is 255 g/mol. The molecule has 2 heterocycles. The maximum Gasteiger partial charge on any atom is 0.259 e. The van der Waals surface area contributed by atoms with E-state index in [1.165, 1.54) is 6.26 Å². The van der Waals surface area contributed by atoms with Gasteiger partial charge in [0.1, 0.15) is 5.76 Å². The number of aromatic amines is 1. The lowest BCUT2D eigenvalue weighted by Crippen LogP contribution is -2.14. The van der Waals surface area contributed by atoms with E-state index in [-0.39, 0.29) is 12.5 Å². The number of nitrogens with one attached hydrogen (secondary N) is 2. The number of carbonyl (C=O) groups is 1. The van der Waals surface area contributed by atoms with E-state index in [0.29, 0.717) is 11.3 Å². The highest BCUT2D eigenvalue weighted by Crippen LogP contribution is 2.19. The summed E-state index contributed by atoms with van der Waals surface area (Å²) in [6, 6.07) is 9.25. The van der Waals surface area contributed by atoms with E-state index in [2.05, 4.69) is 10.3 Å². The van der Waals surface area contributed by atoms with Crippen LogP contribution in [0.4, 0.5) is 5.69 Å². The molecule has 0 aliphatic heterocycles. The normalized spacial score (nSPS) is 10.8. The van der Waals surface area contributed by atoms with Gasteiger partial charge in [-0.05, 0) is 30.3 Å². The fourth-order valence-electron chi connectivity index (χ4n) is 2.03. The van der Waals surface area contributed by atoms with Crippen LogP contribution in [0.15, 0.2) is 47.2 Å². The Morgan fingerprint density at radius 1 is 1.32 bits per heavy atom. The molecule has 0 saturated carbocycles. The smallest absolute Gasteiger partial charge is 0.259 e. The Bertz CT molecular complexity index is 727. The highest BCUT2D eigenvalue weighted by Gasteiger charge is 2.13. The van der Waals surface area contributed by atoms with Crippen molar-refractivity contribution in [1.82, 2.24) is 4.98 Å². The van der Waals surface area contributed by atoms with Crippen LogP contribution in [0, 0.1) is 0 Å². The van der Waals surface area contributed by atoms with Gasteiger partial charge in [0.05, 0.1) is 18.4 Å². The Morgan fingerprint density at radius 3 is 3.05 bits per heavy atom. The van der Waals surface area contributed by atoms with Crippen molar-refractivity contribution in [2.75, 3.05) is 5.32 Å². The van der Waals surface area contributed by atoms with Gasteiger partial charge in [-0.1, -0.05) is 0 Å². The first-order valence-corrected chi connectivity index (χ1v) is 5.93. The van der Waals surface area contributed by atoms with Crippen LogP contribution in [-0.4, -0.2) is 10.9 Å². The van der Waals surface area contributed by atoms with Crippen LogP contribution in [0.3, 0.4) is 0 Å². The Labute approximate surface area is 109 Å². The number of carbonyl (C=O) groups excluding carboxylic acids is 1. The predicted molar refractivity (Wildman–Crippen MR) is 72.9 cm³/mol. The summed E-state index contributed by atoms with van der Waals surface area (Å²) in [5, 5.41) is 3.88. The topological polar surface area (TPSA) is 84.0 Å². The standard InChI is InChI=1S/C14H13N3O2/c15-8-13-11(4-6-19-13)14(18)17-10-1-2-12-9(7-10)3-5-16-12/h1-7,16H,8,15H2,(H,17,18). The van der Waals surface area contributed by atoms with Gasteiger partial charge in [0.2, 0.25) is 0 Å². The van der Waals surface area contributed by atoms with Gasteiger partial charge in [0.25, 0.3) is 5.91 Å². The van der Waals surface area contributed by atoms with E-state index in [9.17, 15) is 4.79 Å². The van der Waals surface area contributed by atoms with Gasteiger partial charge in [-0.2, -0.15) is 0 Å². The molecule has 0 spiro atoms. The average molecular weight is 255 g/mol. The highest BCUT2D eigenvalue weighted by atomic mass is 16.3. The van der Waals surface area contributed by atoms with Crippen LogP contribution < -0.4 is 11.1 Å². The lowest BCUT2D eigenvalue weighted by Gasteiger charge is -2.05. The van der Waals surface area contributed by atoms with E-state index >= 15 is 0 Å². The second kappa shape index (κ2) is 4.62. The summed E-state index contributed by atoms with van der Waals surface area (Å²) >= 11 is 0. The predicted octanol–water partition coefficient (Wildman–Crippen LogP) is 2.47. The van der Waals surface area contributed by atoms with Gasteiger partial charge in [0, 0.05) is 22.8 Å². The zero-order valence-electron chi connectivity index (χ0n) is 10.1. The van der Waals surface area contributed by atoms with Crippen LogP contribution in [0.25, 0.3) is 10.9 Å². The van der Waals surface area contributed by atoms with Gasteiger partial charge in [-0.25, -0.2) is 0 Å². The number of fused-ring (bicyclic) bond motifs is 1. The molecule has 5 nitrogen and oxygen atoms in total. The van der Waals surface area contributed by atoms with Crippen LogP contribution >= 0.6 is 0 Å². The largest absolute Gasteiger partial charge is 0.467 e. The molecule has 3 rings (SSSR count). The number of hydrogen-bond donors (Lipinski definition) is 3. The maximum absolute atomic E-state index is 12.1. The van der Waals surface area contributed by atoms with E-state index < -0.39 is 0 Å². The van der Waals surface area contributed by atoms with Crippen molar-refractivity contribution in [3.63, 3.8) is 0 Å². The molecule has 0 aliphatic carbocycles. The minimum absolute atomic E-state index is 0.201. The molecule has 0 radical (unpaired) electrons. The lowest BCUT2D eigenvalue weighted by molar-refractivity contribution is 0.102. The van der Waals surface area contributed by atoms with E-state index in [4.69, 9.17) is 10.2 Å². The number of furan rings is 1. The molecule has 0 saturated heterocycles. The first-order valence-electron chi connectivity index (χ1n) is 5.93. The molecule has 4 N–H and O–H groups in total. The number of hydrogen-bond acceptors (Lipinski definition) is 3. The van der Waals surface area contributed by atoms with Crippen molar-refractivity contribution in [1.29, 1.82) is 0 Å². The van der Waals surface area contributed by atoms with E-state index in [1.807, 2.05) is 30.5 Å². The van der Waals surface area contributed by atoms with E-state index in [1.54, 1.807) is 6.07 Å². The molecular weight excluding hydrogens is 242 g/mol. The van der Waals surface area contributed by atoms with Gasteiger partial charge in [-0.3, -0.25) is 4.79 Å². The molecule has 0 unspecified atom stereocenters. The lowest BCUT2D eigenvalue weighted by atomic mass is 10.2. The maximum atomic E-state index is 12.1. The minimum atomic E-state index is -0.218. The Balaban J connectivity index is 1.86. The molecule has 3 aromatic rings. The number of anilines is 1. The Kier molecular flexibility index (Phi) is 2.81. The fraction of sp³-hybridized carbons (Fsp3) is 0.0714. The number of nitrogens with two attached hydrogens (primary N) is 1. The number of rotatable bonds is 3. The molecule has 0 aliphatic rings. The van der Waals surface area contributed by atoms with Crippen molar-refractivity contribution < 1.29 is 9.21 Å². The van der Waals surface area contributed by atoms with Crippen LogP contribution in [-0.2, 0) is 6.54 Å². The second-order valence-electron chi connectivity index (χ2n) is 4.20. The molecular formula is C14H13N3O2. The molecule has 5 heteroatoms. The molecule has 19 heavy (non-hydrogen) atoms. The van der Waals surface area contributed by atoms with Gasteiger partial charge in [-0.15, -0.1) is 0 Å². The molecule has 0 fully saturated rings. The van der Waals surface area contributed by atoms with E-state index in [0.717, 1.165) is 16.6 Å².